The third kappa shape index (κ3) is 2.70. The maximum atomic E-state index is 11.2. The topological polar surface area (TPSA) is 61.5 Å². The molecule has 0 aliphatic heterocycles. The fourth-order valence-corrected chi connectivity index (χ4v) is 1.70. The van der Waals surface area contributed by atoms with Crippen molar-refractivity contribution in [2.75, 3.05) is 14.2 Å². The molecule has 0 aliphatic rings. The first-order chi connectivity index (χ1) is 7.10. The number of halogens is 1. The van der Waals surface area contributed by atoms with Gasteiger partial charge in [-0.15, -0.1) is 0 Å². The Morgan fingerprint density at radius 1 is 1.47 bits per heavy atom. The largest absolute Gasteiger partial charge is 0.496 e. The van der Waals surface area contributed by atoms with E-state index in [-0.39, 0.29) is 0 Å². The zero-order valence-corrected chi connectivity index (χ0v) is 10.1. The first-order valence-corrected chi connectivity index (χ1v) is 5.06. The van der Waals surface area contributed by atoms with Gasteiger partial charge < -0.3 is 15.2 Å². The highest BCUT2D eigenvalue weighted by Crippen LogP contribution is 2.27. The minimum Gasteiger partial charge on any atom is -0.496 e. The average molecular weight is 274 g/mol. The van der Waals surface area contributed by atoms with Crippen molar-refractivity contribution < 1.29 is 14.3 Å². The summed E-state index contributed by atoms with van der Waals surface area (Å²) in [5.41, 5.74) is 6.35. The minimum atomic E-state index is -0.766. The predicted octanol–water partition coefficient (Wildman–Crippen LogP) is 1.63. The molecule has 15 heavy (non-hydrogen) atoms. The normalized spacial score (nSPS) is 12.0. The molecule has 0 fully saturated rings. The number of methoxy groups -OCH3 is 2. The van der Waals surface area contributed by atoms with Crippen molar-refractivity contribution in [3.8, 4) is 5.75 Å². The molecule has 0 amide bonds. The highest BCUT2D eigenvalue weighted by molar-refractivity contribution is 9.10. The zero-order chi connectivity index (χ0) is 11.4. The maximum absolute atomic E-state index is 11.2. The number of carbonyl (C=O) groups is 1. The molecule has 0 aromatic heterocycles. The summed E-state index contributed by atoms with van der Waals surface area (Å²) in [7, 11) is 2.88. The van der Waals surface area contributed by atoms with E-state index in [4.69, 9.17) is 10.5 Å². The van der Waals surface area contributed by atoms with Crippen LogP contribution < -0.4 is 10.5 Å². The summed E-state index contributed by atoms with van der Waals surface area (Å²) in [4.78, 5) is 11.2. The van der Waals surface area contributed by atoms with Gasteiger partial charge in [-0.25, -0.2) is 0 Å². The van der Waals surface area contributed by atoms with Crippen LogP contribution in [0, 0.1) is 0 Å². The molecule has 0 heterocycles. The summed E-state index contributed by atoms with van der Waals surface area (Å²) >= 11 is 3.31. The third-order valence-corrected chi connectivity index (χ3v) is 2.61. The van der Waals surface area contributed by atoms with E-state index in [1.807, 2.05) is 0 Å². The van der Waals surface area contributed by atoms with Crippen molar-refractivity contribution in [3.63, 3.8) is 0 Å². The van der Waals surface area contributed by atoms with Gasteiger partial charge in [0, 0.05) is 0 Å². The van der Waals surface area contributed by atoms with Crippen LogP contribution in [0.5, 0.6) is 5.75 Å². The quantitative estimate of drug-likeness (QED) is 0.851. The average Bonchev–Trinajstić information content (AvgIpc) is 2.26. The second-order valence-corrected chi connectivity index (χ2v) is 3.75. The molecule has 82 valence electrons. The van der Waals surface area contributed by atoms with Crippen LogP contribution in [-0.4, -0.2) is 20.2 Å². The van der Waals surface area contributed by atoms with Gasteiger partial charge in [-0.1, -0.05) is 6.07 Å². The molecular formula is C10H12BrNO3. The van der Waals surface area contributed by atoms with Crippen molar-refractivity contribution >= 4 is 21.9 Å². The molecule has 0 aliphatic carbocycles. The molecule has 1 aromatic rings. The molecule has 0 radical (unpaired) electrons. The molecule has 4 nitrogen and oxygen atoms in total. The number of rotatable bonds is 3. The Balaban J connectivity index is 2.97. The SMILES string of the molecule is COC(=O)[C@@H](N)c1ccc(OC)c(Br)c1. The lowest BCUT2D eigenvalue weighted by Crippen LogP contribution is -2.22. The lowest BCUT2D eigenvalue weighted by molar-refractivity contribution is -0.142. The van der Waals surface area contributed by atoms with Crippen LogP contribution in [0.3, 0.4) is 0 Å². The summed E-state index contributed by atoms with van der Waals surface area (Å²) in [6.07, 6.45) is 0. The van der Waals surface area contributed by atoms with Gasteiger partial charge in [0.2, 0.25) is 0 Å². The van der Waals surface area contributed by atoms with Crippen LogP contribution in [-0.2, 0) is 9.53 Å². The second-order valence-electron chi connectivity index (χ2n) is 2.89. The minimum absolute atomic E-state index is 0.466. The molecule has 1 aromatic carbocycles. The fraction of sp³-hybridized carbons (Fsp3) is 0.300. The lowest BCUT2D eigenvalue weighted by atomic mass is 10.1. The highest BCUT2D eigenvalue weighted by atomic mass is 79.9. The van der Waals surface area contributed by atoms with Crippen molar-refractivity contribution in [1.29, 1.82) is 0 Å². The number of ether oxygens (including phenoxy) is 2. The number of hydrogen-bond acceptors (Lipinski definition) is 4. The molecule has 2 N–H and O–H groups in total. The van der Waals surface area contributed by atoms with E-state index in [1.165, 1.54) is 7.11 Å². The van der Waals surface area contributed by atoms with Crippen molar-refractivity contribution in [2.24, 2.45) is 5.73 Å². The van der Waals surface area contributed by atoms with Crippen LogP contribution >= 0.6 is 15.9 Å². The third-order valence-electron chi connectivity index (χ3n) is 1.99. The standard InChI is InChI=1S/C10H12BrNO3/c1-14-8-4-3-6(5-7(8)11)9(12)10(13)15-2/h3-5,9H,12H2,1-2H3/t9-/m0/s1. The van der Waals surface area contributed by atoms with Crippen LogP contribution in [0.15, 0.2) is 22.7 Å². The van der Waals surface area contributed by atoms with E-state index in [2.05, 4.69) is 20.7 Å². The first-order valence-electron chi connectivity index (χ1n) is 4.27. The van der Waals surface area contributed by atoms with Crippen LogP contribution in [0.2, 0.25) is 0 Å². The van der Waals surface area contributed by atoms with Gasteiger partial charge in [0.15, 0.2) is 0 Å². The van der Waals surface area contributed by atoms with E-state index in [9.17, 15) is 4.79 Å². The van der Waals surface area contributed by atoms with Crippen LogP contribution in [0.4, 0.5) is 0 Å². The summed E-state index contributed by atoms with van der Waals surface area (Å²) in [6.45, 7) is 0. The van der Waals surface area contributed by atoms with Crippen LogP contribution in [0.25, 0.3) is 0 Å². The summed E-state index contributed by atoms with van der Waals surface area (Å²) in [5, 5.41) is 0. The molecule has 0 saturated heterocycles. The second kappa shape index (κ2) is 5.14. The molecule has 5 heteroatoms. The Kier molecular flexibility index (Phi) is 4.11. The molecule has 1 atom stereocenters. The molecule has 0 spiro atoms. The molecule has 0 bridgehead atoms. The van der Waals surface area contributed by atoms with E-state index >= 15 is 0 Å². The maximum Gasteiger partial charge on any atom is 0.327 e. The van der Waals surface area contributed by atoms with Gasteiger partial charge in [0.25, 0.3) is 0 Å². The molecular weight excluding hydrogens is 262 g/mol. The highest BCUT2D eigenvalue weighted by Gasteiger charge is 2.17. The van der Waals surface area contributed by atoms with E-state index in [1.54, 1.807) is 25.3 Å². The van der Waals surface area contributed by atoms with Gasteiger partial charge in [-0.05, 0) is 33.6 Å². The molecule has 1 rings (SSSR count). The Hall–Kier alpha value is -1.07. The van der Waals surface area contributed by atoms with Gasteiger partial charge in [-0.2, -0.15) is 0 Å². The van der Waals surface area contributed by atoms with Crippen molar-refractivity contribution in [1.82, 2.24) is 0 Å². The number of carbonyl (C=O) groups excluding carboxylic acids is 1. The smallest absolute Gasteiger partial charge is 0.327 e. The Labute approximate surface area is 96.5 Å². The van der Waals surface area contributed by atoms with Crippen molar-refractivity contribution in [3.05, 3.63) is 28.2 Å². The van der Waals surface area contributed by atoms with E-state index in [0.717, 1.165) is 4.47 Å². The summed E-state index contributed by atoms with van der Waals surface area (Å²) < 4.78 is 10.4. The Bertz CT molecular complexity index is 368. The molecule has 0 unspecified atom stereocenters. The van der Waals surface area contributed by atoms with Gasteiger partial charge in [0.05, 0.1) is 18.7 Å². The summed E-state index contributed by atoms with van der Waals surface area (Å²) in [6, 6.07) is 4.44. The van der Waals surface area contributed by atoms with Crippen LogP contribution in [0.1, 0.15) is 11.6 Å². The Morgan fingerprint density at radius 3 is 2.60 bits per heavy atom. The van der Waals surface area contributed by atoms with Gasteiger partial charge in [-0.3, -0.25) is 4.79 Å². The number of nitrogens with two attached hydrogens (primary N) is 1. The van der Waals surface area contributed by atoms with Gasteiger partial charge in [0.1, 0.15) is 11.8 Å². The zero-order valence-electron chi connectivity index (χ0n) is 8.49. The number of hydrogen-bond donors (Lipinski definition) is 1. The molecule has 0 saturated carbocycles. The van der Waals surface area contributed by atoms with Gasteiger partial charge >= 0.3 is 5.97 Å². The Morgan fingerprint density at radius 2 is 2.13 bits per heavy atom. The number of esters is 1. The lowest BCUT2D eigenvalue weighted by Gasteiger charge is -2.11. The first kappa shape index (κ1) is 12.0. The summed E-state index contributed by atoms with van der Waals surface area (Å²) in [5.74, 6) is 0.225. The number of benzene rings is 1. The van der Waals surface area contributed by atoms with Crippen molar-refractivity contribution in [2.45, 2.75) is 6.04 Å². The fourth-order valence-electron chi connectivity index (χ4n) is 1.14. The van der Waals surface area contributed by atoms with E-state index < -0.39 is 12.0 Å². The predicted molar refractivity (Wildman–Crippen MR) is 59.6 cm³/mol. The van der Waals surface area contributed by atoms with E-state index in [0.29, 0.717) is 11.3 Å². The monoisotopic (exact) mass is 273 g/mol.